The van der Waals surface area contributed by atoms with Crippen LogP contribution < -0.4 is 0 Å². The van der Waals surface area contributed by atoms with E-state index in [-0.39, 0.29) is 17.9 Å². The molecule has 2 aliphatic heterocycles. The number of carboxylic acids is 1. The Morgan fingerprint density at radius 3 is 2.59 bits per heavy atom. The van der Waals surface area contributed by atoms with Gasteiger partial charge in [0.25, 0.3) is 0 Å². The number of alkyl halides is 3. The van der Waals surface area contributed by atoms with Gasteiger partial charge in [0.05, 0.1) is 35.2 Å². The molecule has 0 unspecified atom stereocenters. The number of hydrogen-bond donors (Lipinski definition) is 1. The Balaban J connectivity index is 0.000000370. The molecule has 0 spiro atoms. The van der Waals surface area contributed by atoms with Gasteiger partial charge in [-0.2, -0.15) is 17.5 Å². The highest BCUT2D eigenvalue weighted by Crippen LogP contribution is 2.27. The highest BCUT2D eigenvalue weighted by Gasteiger charge is 2.44. The first-order valence-corrected chi connectivity index (χ1v) is 11.5. The number of nitrogens with zero attached hydrogens (tertiary/aromatic N) is 3. The molecular formula is C16H24F3N3O5S2. The average molecular weight is 460 g/mol. The van der Waals surface area contributed by atoms with Crippen molar-refractivity contribution in [3.63, 3.8) is 0 Å². The molecule has 0 aliphatic carbocycles. The maximum Gasteiger partial charge on any atom is 0.490 e. The molecule has 0 radical (unpaired) electrons. The summed E-state index contributed by atoms with van der Waals surface area (Å²) in [6, 6.07) is 0.141. The SMILES string of the molecule is CCCS(=O)(=O)N1C[C@@H]2OCCN(Cc3csc(C)n3)[C@@H]2C1.O=C(O)C(F)(F)F. The van der Waals surface area contributed by atoms with E-state index in [1.54, 1.807) is 15.6 Å². The first-order chi connectivity index (χ1) is 13.4. The largest absolute Gasteiger partial charge is 0.490 e. The fourth-order valence-corrected chi connectivity index (χ4v) is 5.36. The number of sulfonamides is 1. The monoisotopic (exact) mass is 459 g/mol. The van der Waals surface area contributed by atoms with Gasteiger partial charge in [-0.1, -0.05) is 6.92 Å². The van der Waals surface area contributed by atoms with Gasteiger partial charge < -0.3 is 9.84 Å². The van der Waals surface area contributed by atoms with Gasteiger partial charge in [-0.15, -0.1) is 11.3 Å². The van der Waals surface area contributed by atoms with Crippen LogP contribution in [0.25, 0.3) is 0 Å². The molecular weight excluding hydrogens is 435 g/mol. The quantitative estimate of drug-likeness (QED) is 0.716. The molecule has 2 fully saturated rings. The minimum Gasteiger partial charge on any atom is -0.475 e. The number of ether oxygens (including phenoxy) is 1. The van der Waals surface area contributed by atoms with Crippen molar-refractivity contribution in [1.29, 1.82) is 0 Å². The molecule has 1 aromatic heterocycles. The first kappa shape index (κ1) is 24.0. The Morgan fingerprint density at radius 1 is 1.41 bits per heavy atom. The summed E-state index contributed by atoms with van der Waals surface area (Å²) in [4.78, 5) is 15.7. The molecule has 0 aromatic carbocycles. The standard InChI is InChI=1S/C14H23N3O3S2.C2HF3O2/c1-3-6-22(18,19)17-8-13-14(9-17)20-5-4-16(13)7-12-10-21-11(2)15-12;3-2(4,5)1(6)7/h10,13-14H,3-9H2,1-2H3;(H,6,7)/t13-,14+;/m1./s1. The van der Waals surface area contributed by atoms with Crippen LogP contribution in [-0.2, 0) is 26.1 Å². The van der Waals surface area contributed by atoms with E-state index < -0.39 is 22.2 Å². The summed E-state index contributed by atoms with van der Waals surface area (Å²) < 4.78 is 63.7. The van der Waals surface area contributed by atoms with Crippen molar-refractivity contribution in [2.45, 2.75) is 45.1 Å². The highest BCUT2D eigenvalue weighted by molar-refractivity contribution is 7.89. The molecule has 13 heteroatoms. The van der Waals surface area contributed by atoms with Gasteiger partial charge in [-0.3, -0.25) is 4.90 Å². The lowest BCUT2D eigenvalue weighted by molar-refractivity contribution is -0.192. The predicted molar refractivity (Wildman–Crippen MR) is 100 cm³/mol. The second kappa shape index (κ2) is 9.69. The average Bonchev–Trinajstić information content (AvgIpc) is 3.22. The van der Waals surface area contributed by atoms with E-state index >= 15 is 0 Å². The van der Waals surface area contributed by atoms with Crippen LogP contribution in [-0.4, -0.2) is 84.0 Å². The van der Waals surface area contributed by atoms with E-state index in [1.165, 1.54) is 0 Å². The van der Waals surface area contributed by atoms with Crippen molar-refractivity contribution in [2.24, 2.45) is 0 Å². The van der Waals surface area contributed by atoms with Gasteiger partial charge in [-0.25, -0.2) is 18.2 Å². The molecule has 1 N–H and O–H groups in total. The summed E-state index contributed by atoms with van der Waals surface area (Å²) in [5.74, 6) is -2.54. The lowest BCUT2D eigenvalue weighted by Crippen LogP contribution is -2.50. The molecule has 3 rings (SSSR count). The van der Waals surface area contributed by atoms with Gasteiger partial charge >= 0.3 is 12.1 Å². The maximum absolute atomic E-state index is 12.3. The zero-order valence-corrected chi connectivity index (χ0v) is 17.7. The van der Waals surface area contributed by atoms with Crippen LogP contribution >= 0.6 is 11.3 Å². The van der Waals surface area contributed by atoms with Gasteiger partial charge in [0.2, 0.25) is 10.0 Å². The van der Waals surface area contributed by atoms with Gasteiger partial charge in [-0.05, 0) is 13.3 Å². The number of fused-ring (bicyclic) bond motifs is 1. The topological polar surface area (TPSA) is 100 Å². The molecule has 2 saturated heterocycles. The summed E-state index contributed by atoms with van der Waals surface area (Å²) in [5, 5.41) is 10.3. The number of aryl methyl sites for hydroxylation is 1. The maximum atomic E-state index is 12.3. The normalized spacial score (nSPS) is 23.3. The second-order valence-corrected chi connectivity index (χ2v) is 9.89. The van der Waals surface area contributed by atoms with Gasteiger partial charge in [0, 0.05) is 31.6 Å². The molecule has 0 amide bonds. The van der Waals surface area contributed by atoms with Gasteiger partial charge in [0.1, 0.15) is 0 Å². The first-order valence-electron chi connectivity index (χ1n) is 8.98. The number of carbonyl (C=O) groups is 1. The number of rotatable bonds is 5. The zero-order valence-electron chi connectivity index (χ0n) is 16.1. The summed E-state index contributed by atoms with van der Waals surface area (Å²) in [5.41, 5.74) is 1.07. The molecule has 0 saturated carbocycles. The molecule has 8 nitrogen and oxygen atoms in total. The van der Waals surface area contributed by atoms with Crippen LogP contribution in [0.5, 0.6) is 0 Å². The molecule has 0 bridgehead atoms. The van der Waals surface area contributed by atoms with Crippen LogP contribution in [0.1, 0.15) is 24.0 Å². The molecule has 3 heterocycles. The third-order valence-electron chi connectivity index (χ3n) is 4.51. The Hall–Kier alpha value is -1.28. The Kier molecular flexibility index (Phi) is 8.01. The lowest BCUT2D eigenvalue weighted by atomic mass is 10.1. The van der Waals surface area contributed by atoms with Crippen LogP contribution in [0, 0.1) is 6.92 Å². The smallest absolute Gasteiger partial charge is 0.475 e. The van der Waals surface area contributed by atoms with Crippen LogP contribution in [0.3, 0.4) is 0 Å². The number of aromatic nitrogens is 1. The van der Waals surface area contributed by atoms with Crippen molar-refractivity contribution in [3.05, 3.63) is 16.1 Å². The van der Waals surface area contributed by atoms with E-state index in [4.69, 9.17) is 14.6 Å². The van der Waals surface area contributed by atoms with Crippen LogP contribution in [0.2, 0.25) is 0 Å². The van der Waals surface area contributed by atoms with Crippen molar-refractivity contribution in [2.75, 3.05) is 32.0 Å². The molecule has 1 aromatic rings. The van der Waals surface area contributed by atoms with Crippen molar-refractivity contribution >= 4 is 27.3 Å². The van der Waals surface area contributed by atoms with E-state index in [0.29, 0.717) is 26.1 Å². The molecule has 2 atom stereocenters. The van der Waals surface area contributed by atoms with E-state index in [2.05, 4.69) is 15.3 Å². The summed E-state index contributed by atoms with van der Waals surface area (Å²) in [6.45, 7) is 7.19. The van der Waals surface area contributed by atoms with Crippen LogP contribution in [0.15, 0.2) is 5.38 Å². The van der Waals surface area contributed by atoms with Crippen molar-refractivity contribution in [1.82, 2.24) is 14.2 Å². The van der Waals surface area contributed by atoms with Crippen LogP contribution in [0.4, 0.5) is 13.2 Å². The number of thiazole rings is 1. The third kappa shape index (κ3) is 6.60. The molecule has 29 heavy (non-hydrogen) atoms. The van der Waals surface area contributed by atoms with Crippen molar-refractivity contribution in [3.8, 4) is 0 Å². The number of morpholine rings is 1. The van der Waals surface area contributed by atoms with Gasteiger partial charge in [0.15, 0.2) is 0 Å². The Labute approximate surface area is 171 Å². The summed E-state index contributed by atoms with van der Waals surface area (Å²) >= 11 is 1.65. The third-order valence-corrected chi connectivity index (χ3v) is 7.34. The summed E-state index contributed by atoms with van der Waals surface area (Å²) in [7, 11) is -3.15. The van der Waals surface area contributed by atoms with E-state index in [0.717, 1.165) is 23.8 Å². The minimum absolute atomic E-state index is 0.0138. The van der Waals surface area contributed by atoms with Crippen molar-refractivity contribution < 1.29 is 36.2 Å². The Bertz CT molecular complexity index is 800. The fraction of sp³-hybridized carbons (Fsp3) is 0.750. The highest BCUT2D eigenvalue weighted by atomic mass is 32.2. The Morgan fingerprint density at radius 2 is 2.07 bits per heavy atom. The number of hydrogen-bond acceptors (Lipinski definition) is 7. The zero-order chi connectivity index (χ0) is 21.8. The second-order valence-electron chi connectivity index (χ2n) is 6.74. The number of carboxylic acid groups (broad SMARTS) is 1. The summed E-state index contributed by atoms with van der Waals surface area (Å²) in [6.07, 6.45) is -4.45. The molecule has 166 valence electrons. The fourth-order valence-electron chi connectivity index (χ4n) is 3.22. The lowest BCUT2D eigenvalue weighted by Gasteiger charge is -2.36. The minimum atomic E-state index is -5.08. The number of halogens is 3. The number of aliphatic carboxylic acids is 1. The van der Waals surface area contributed by atoms with E-state index in [9.17, 15) is 21.6 Å². The predicted octanol–water partition coefficient (Wildman–Crippen LogP) is 1.71. The molecule has 2 aliphatic rings. The van der Waals surface area contributed by atoms with E-state index in [1.807, 2.05) is 13.8 Å².